The second-order valence-corrected chi connectivity index (χ2v) is 10.1. The fourth-order valence-corrected chi connectivity index (χ4v) is 7.84. The van der Waals surface area contributed by atoms with Crippen LogP contribution in [-0.4, -0.2) is 22.9 Å². The summed E-state index contributed by atoms with van der Waals surface area (Å²) in [5.41, 5.74) is 2.14. The number of fused-ring (bicyclic) bond motifs is 5. The molecule has 4 aliphatic carbocycles. The Hall–Kier alpha value is -0.340. The van der Waals surface area contributed by atoms with Crippen molar-refractivity contribution in [1.82, 2.24) is 0 Å². The van der Waals surface area contributed by atoms with Crippen molar-refractivity contribution in [3.05, 3.63) is 11.6 Å². The Morgan fingerprint density at radius 1 is 1.16 bits per heavy atom. The molecule has 0 unspecified atom stereocenters. The van der Waals surface area contributed by atoms with E-state index in [-0.39, 0.29) is 6.10 Å². The Balaban J connectivity index is 1.52. The summed E-state index contributed by atoms with van der Waals surface area (Å²) < 4.78 is 0. The van der Waals surface area contributed by atoms with Crippen molar-refractivity contribution < 1.29 is 10.2 Å². The minimum absolute atomic E-state index is 0.0730. The molecule has 0 amide bonds. The van der Waals surface area contributed by atoms with Crippen LogP contribution >= 0.6 is 0 Å². The van der Waals surface area contributed by atoms with E-state index in [1.165, 1.54) is 44.9 Å². The van der Waals surface area contributed by atoms with Crippen LogP contribution in [0, 0.1) is 40.9 Å². The van der Waals surface area contributed by atoms with E-state index in [1.807, 2.05) is 0 Å². The van der Waals surface area contributed by atoms with Crippen molar-refractivity contribution in [1.29, 1.82) is 0 Å². The standard InChI is InChI=1S/C23H38O2/c1-15(4-3-13-24)21-9-10-22-20-7-5-16-14-17(25)6-8-18(16)19(20)11-12-23(21,22)2/h5,15,17-22,24-25H,3-4,6-14H2,1-2H3/t15-,17+,18+,19-,20-,21-,22+,23-/m1/s1. The molecule has 0 aromatic heterocycles. The maximum Gasteiger partial charge on any atom is 0.0577 e. The summed E-state index contributed by atoms with van der Waals surface area (Å²) in [4.78, 5) is 0. The summed E-state index contributed by atoms with van der Waals surface area (Å²) in [6.07, 6.45) is 14.8. The topological polar surface area (TPSA) is 40.5 Å². The smallest absolute Gasteiger partial charge is 0.0577 e. The minimum atomic E-state index is -0.0730. The van der Waals surface area contributed by atoms with Gasteiger partial charge in [-0.3, -0.25) is 0 Å². The lowest BCUT2D eigenvalue weighted by molar-refractivity contribution is -0.0296. The van der Waals surface area contributed by atoms with Gasteiger partial charge in [0, 0.05) is 6.61 Å². The van der Waals surface area contributed by atoms with Crippen molar-refractivity contribution in [2.24, 2.45) is 40.9 Å². The van der Waals surface area contributed by atoms with Crippen LogP contribution in [0.5, 0.6) is 0 Å². The summed E-state index contributed by atoms with van der Waals surface area (Å²) in [6, 6.07) is 0. The van der Waals surface area contributed by atoms with Gasteiger partial charge in [-0.2, -0.15) is 0 Å². The first-order valence-corrected chi connectivity index (χ1v) is 11.0. The third-order valence-corrected chi connectivity index (χ3v) is 9.00. The van der Waals surface area contributed by atoms with Gasteiger partial charge in [0.05, 0.1) is 6.10 Å². The molecule has 4 rings (SSSR count). The molecular weight excluding hydrogens is 308 g/mol. The SMILES string of the molecule is C[C@H](CCCO)[C@H]1CC[C@H]2[C@@H]3CC=C4C[C@@H](O)CC[C@@H]4[C@H]3CC[C@]12C. The van der Waals surface area contributed by atoms with Crippen LogP contribution in [0.3, 0.4) is 0 Å². The Kier molecular flexibility index (Phi) is 5.05. The molecule has 0 aromatic carbocycles. The molecule has 0 aliphatic heterocycles. The monoisotopic (exact) mass is 346 g/mol. The van der Waals surface area contributed by atoms with Crippen LogP contribution in [0.25, 0.3) is 0 Å². The van der Waals surface area contributed by atoms with Crippen molar-refractivity contribution in [3.8, 4) is 0 Å². The van der Waals surface area contributed by atoms with Crippen molar-refractivity contribution in [3.63, 3.8) is 0 Å². The molecule has 3 fully saturated rings. The Morgan fingerprint density at radius 3 is 2.80 bits per heavy atom. The summed E-state index contributed by atoms with van der Waals surface area (Å²) in [5, 5.41) is 19.3. The van der Waals surface area contributed by atoms with E-state index in [9.17, 15) is 10.2 Å². The molecule has 0 aromatic rings. The van der Waals surface area contributed by atoms with Gasteiger partial charge in [-0.25, -0.2) is 0 Å². The lowest BCUT2D eigenvalue weighted by Gasteiger charge is -2.54. The predicted octanol–water partition coefficient (Wildman–Crippen LogP) is 4.94. The molecule has 2 N–H and O–H groups in total. The zero-order chi connectivity index (χ0) is 17.6. The summed E-state index contributed by atoms with van der Waals surface area (Å²) in [6.45, 7) is 5.41. The molecule has 2 nitrogen and oxygen atoms in total. The highest BCUT2D eigenvalue weighted by atomic mass is 16.3. The molecule has 0 bridgehead atoms. The van der Waals surface area contributed by atoms with Gasteiger partial charge in [0.15, 0.2) is 0 Å². The van der Waals surface area contributed by atoms with E-state index in [0.717, 1.165) is 54.8 Å². The molecule has 2 heteroatoms. The van der Waals surface area contributed by atoms with Crippen LogP contribution < -0.4 is 0 Å². The molecule has 0 heterocycles. The van der Waals surface area contributed by atoms with Gasteiger partial charge in [-0.1, -0.05) is 25.5 Å². The normalized spacial score (nSPS) is 47.4. The van der Waals surface area contributed by atoms with E-state index in [1.54, 1.807) is 5.57 Å². The average Bonchev–Trinajstić information content (AvgIpc) is 2.96. The van der Waals surface area contributed by atoms with Gasteiger partial charge < -0.3 is 10.2 Å². The molecule has 0 spiro atoms. The number of rotatable bonds is 4. The maximum absolute atomic E-state index is 10.0. The Labute approximate surface area is 154 Å². The van der Waals surface area contributed by atoms with E-state index < -0.39 is 0 Å². The van der Waals surface area contributed by atoms with E-state index >= 15 is 0 Å². The van der Waals surface area contributed by atoms with E-state index in [2.05, 4.69) is 19.9 Å². The largest absolute Gasteiger partial charge is 0.396 e. The van der Waals surface area contributed by atoms with E-state index in [4.69, 9.17) is 0 Å². The van der Waals surface area contributed by atoms with Crippen LogP contribution in [0.2, 0.25) is 0 Å². The van der Waals surface area contributed by atoms with Crippen LogP contribution in [0.15, 0.2) is 11.6 Å². The molecule has 25 heavy (non-hydrogen) atoms. The molecule has 4 aliphatic rings. The Bertz CT molecular complexity index is 512. The number of allylic oxidation sites excluding steroid dienone is 1. The van der Waals surface area contributed by atoms with Crippen LogP contribution in [-0.2, 0) is 0 Å². The number of aliphatic hydroxyl groups excluding tert-OH is 2. The third kappa shape index (κ3) is 3.02. The highest BCUT2D eigenvalue weighted by Crippen LogP contribution is 2.64. The first-order valence-electron chi connectivity index (χ1n) is 11.0. The average molecular weight is 347 g/mol. The van der Waals surface area contributed by atoms with Gasteiger partial charge in [0.25, 0.3) is 0 Å². The summed E-state index contributed by atoms with van der Waals surface area (Å²) in [5.74, 6) is 5.13. The summed E-state index contributed by atoms with van der Waals surface area (Å²) in [7, 11) is 0. The lowest BCUT2D eigenvalue weighted by atomic mass is 9.51. The van der Waals surface area contributed by atoms with Gasteiger partial charge in [0.2, 0.25) is 0 Å². The first kappa shape index (κ1) is 18.0. The molecule has 142 valence electrons. The first-order chi connectivity index (χ1) is 12.0. The second kappa shape index (κ2) is 7.00. The van der Waals surface area contributed by atoms with Crippen molar-refractivity contribution in [2.75, 3.05) is 6.61 Å². The quantitative estimate of drug-likeness (QED) is 0.708. The van der Waals surface area contributed by atoms with Crippen LogP contribution in [0.1, 0.15) is 78.1 Å². The summed E-state index contributed by atoms with van der Waals surface area (Å²) >= 11 is 0. The highest BCUT2D eigenvalue weighted by Gasteiger charge is 2.56. The molecule has 0 radical (unpaired) electrons. The second-order valence-electron chi connectivity index (χ2n) is 10.1. The molecular formula is C23H38O2. The lowest BCUT2D eigenvalue weighted by Crippen LogP contribution is -2.47. The fraction of sp³-hybridized carbons (Fsp3) is 0.913. The van der Waals surface area contributed by atoms with Crippen molar-refractivity contribution in [2.45, 2.75) is 84.2 Å². The zero-order valence-corrected chi connectivity index (χ0v) is 16.3. The predicted molar refractivity (Wildman–Crippen MR) is 102 cm³/mol. The van der Waals surface area contributed by atoms with Gasteiger partial charge in [-0.05, 0) is 105 Å². The van der Waals surface area contributed by atoms with E-state index in [0.29, 0.717) is 12.0 Å². The number of hydrogen-bond donors (Lipinski definition) is 2. The third-order valence-electron chi connectivity index (χ3n) is 9.00. The zero-order valence-electron chi connectivity index (χ0n) is 16.3. The van der Waals surface area contributed by atoms with Crippen molar-refractivity contribution >= 4 is 0 Å². The van der Waals surface area contributed by atoms with Gasteiger partial charge >= 0.3 is 0 Å². The van der Waals surface area contributed by atoms with Gasteiger partial charge in [-0.15, -0.1) is 0 Å². The maximum atomic E-state index is 10.0. The number of hydrogen-bond acceptors (Lipinski definition) is 2. The van der Waals surface area contributed by atoms with Gasteiger partial charge in [0.1, 0.15) is 0 Å². The molecule has 8 atom stereocenters. The highest BCUT2D eigenvalue weighted by molar-refractivity contribution is 5.20. The molecule has 3 saturated carbocycles. The number of aliphatic hydroxyl groups is 2. The Morgan fingerprint density at radius 2 is 2.00 bits per heavy atom. The fourth-order valence-electron chi connectivity index (χ4n) is 7.84. The molecule has 0 saturated heterocycles. The van der Waals surface area contributed by atoms with Crippen LogP contribution in [0.4, 0.5) is 0 Å². The minimum Gasteiger partial charge on any atom is -0.396 e.